The molecule has 0 aromatic rings. The average molecular weight is 243 g/mol. The Bertz CT molecular complexity index is 222. The van der Waals surface area contributed by atoms with Gasteiger partial charge in [-0.2, -0.15) is 0 Å². The zero-order chi connectivity index (χ0) is 12.1. The van der Waals surface area contributed by atoms with Crippen molar-refractivity contribution >= 4 is 0 Å². The summed E-state index contributed by atoms with van der Waals surface area (Å²) in [6.07, 6.45) is -0.242. The highest BCUT2D eigenvalue weighted by molar-refractivity contribution is 4.77. The van der Waals surface area contributed by atoms with E-state index in [0.717, 1.165) is 59.0 Å². The predicted molar refractivity (Wildman–Crippen MR) is 67.2 cm³/mol. The zero-order valence-corrected chi connectivity index (χ0v) is 10.8. The lowest BCUT2D eigenvalue weighted by Crippen LogP contribution is -2.51. The van der Waals surface area contributed by atoms with E-state index < -0.39 is 0 Å². The van der Waals surface area contributed by atoms with Crippen LogP contribution in [-0.4, -0.2) is 86.1 Å². The van der Waals surface area contributed by atoms with Crippen molar-refractivity contribution in [3.63, 3.8) is 0 Å². The maximum Gasteiger partial charge on any atom is 0.0793 e. The van der Waals surface area contributed by atoms with Gasteiger partial charge in [0.2, 0.25) is 0 Å². The molecule has 2 saturated heterocycles. The third-order valence-corrected chi connectivity index (χ3v) is 3.63. The second-order valence-corrected chi connectivity index (χ2v) is 5.12. The molecule has 2 N–H and O–H groups in total. The van der Waals surface area contributed by atoms with Crippen molar-refractivity contribution in [1.29, 1.82) is 0 Å². The molecule has 0 bridgehead atoms. The van der Waals surface area contributed by atoms with Gasteiger partial charge in [-0.1, -0.05) is 0 Å². The van der Waals surface area contributed by atoms with Gasteiger partial charge in [0.15, 0.2) is 0 Å². The molecule has 2 fully saturated rings. The van der Waals surface area contributed by atoms with Gasteiger partial charge in [-0.05, 0) is 6.92 Å². The lowest BCUT2D eigenvalue weighted by Gasteiger charge is -2.36. The van der Waals surface area contributed by atoms with Crippen LogP contribution in [0.3, 0.4) is 0 Å². The number of nitrogens with one attached hydrogen (secondary N) is 1. The van der Waals surface area contributed by atoms with Crippen LogP contribution in [0.15, 0.2) is 0 Å². The second kappa shape index (κ2) is 6.66. The summed E-state index contributed by atoms with van der Waals surface area (Å²) < 4.78 is 5.40. The molecule has 0 saturated carbocycles. The minimum atomic E-state index is -0.242. The van der Waals surface area contributed by atoms with Crippen molar-refractivity contribution in [2.24, 2.45) is 0 Å². The third kappa shape index (κ3) is 4.19. The Hall–Kier alpha value is -0.200. The SMILES string of the molecule is CC1COCCN1CC(O)CN1CCNCC1. The van der Waals surface area contributed by atoms with E-state index in [2.05, 4.69) is 22.0 Å². The minimum Gasteiger partial charge on any atom is -0.390 e. The van der Waals surface area contributed by atoms with E-state index in [1.54, 1.807) is 0 Å². The lowest BCUT2D eigenvalue weighted by atomic mass is 10.2. The standard InChI is InChI=1S/C12H25N3O2/c1-11-10-17-7-6-15(11)9-12(16)8-14-4-2-13-3-5-14/h11-13,16H,2-10H2,1H3. The number of aliphatic hydroxyl groups is 1. The van der Waals surface area contributed by atoms with Gasteiger partial charge in [0.05, 0.1) is 19.3 Å². The van der Waals surface area contributed by atoms with E-state index >= 15 is 0 Å². The lowest BCUT2D eigenvalue weighted by molar-refractivity contribution is -0.0253. The van der Waals surface area contributed by atoms with Crippen molar-refractivity contribution in [3.05, 3.63) is 0 Å². The van der Waals surface area contributed by atoms with E-state index in [4.69, 9.17) is 4.74 Å². The maximum atomic E-state index is 10.1. The van der Waals surface area contributed by atoms with Crippen molar-refractivity contribution in [1.82, 2.24) is 15.1 Å². The molecule has 100 valence electrons. The number of aliphatic hydroxyl groups excluding tert-OH is 1. The highest BCUT2D eigenvalue weighted by Gasteiger charge is 2.22. The van der Waals surface area contributed by atoms with Gasteiger partial charge in [-0.15, -0.1) is 0 Å². The molecule has 5 heteroatoms. The molecule has 0 radical (unpaired) electrons. The smallest absolute Gasteiger partial charge is 0.0793 e. The summed E-state index contributed by atoms with van der Waals surface area (Å²) in [6, 6.07) is 0.432. The van der Waals surface area contributed by atoms with Gasteiger partial charge >= 0.3 is 0 Å². The van der Waals surface area contributed by atoms with Gasteiger partial charge in [-0.25, -0.2) is 0 Å². The molecule has 2 unspecified atom stereocenters. The van der Waals surface area contributed by atoms with Gasteiger partial charge in [-0.3, -0.25) is 9.80 Å². The number of hydrogen-bond acceptors (Lipinski definition) is 5. The monoisotopic (exact) mass is 243 g/mol. The number of ether oxygens (including phenoxy) is 1. The molecule has 2 aliphatic heterocycles. The second-order valence-electron chi connectivity index (χ2n) is 5.12. The summed E-state index contributed by atoms with van der Waals surface area (Å²) in [4.78, 5) is 4.67. The highest BCUT2D eigenvalue weighted by atomic mass is 16.5. The van der Waals surface area contributed by atoms with Crippen LogP contribution in [0.1, 0.15) is 6.92 Å². The topological polar surface area (TPSA) is 48.0 Å². The van der Waals surface area contributed by atoms with E-state index in [1.165, 1.54) is 0 Å². The van der Waals surface area contributed by atoms with Gasteiger partial charge < -0.3 is 15.2 Å². The zero-order valence-electron chi connectivity index (χ0n) is 10.8. The first-order valence-electron chi connectivity index (χ1n) is 6.68. The average Bonchev–Trinajstić information content (AvgIpc) is 2.33. The molecule has 2 aliphatic rings. The summed E-state index contributed by atoms with van der Waals surface area (Å²) in [5.74, 6) is 0. The maximum absolute atomic E-state index is 10.1. The predicted octanol–water partition coefficient (Wildman–Crippen LogP) is -1.03. The molecule has 0 aliphatic carbocycles. The molecule has 17 heavy (non-hydrogen) atoms. The largest absolute Gasteiger partial charge is 0.390 e. The molecule has 2 heterocycles. The summed E-state index contributed by atoms with van der Waals surface area (Å²) >= 11 is 0. The molecule has 2 rings (SSSR count). The first-order valence-corrected chi connectivity index (χ1v) is 6.68. The van der Waals surface area contributed by atoms with Crippen molar-refractivity contribution < 1.29 is 9.84 Å². The highest BCUT2D eigenvalue weighted by Crippen LogP contribution is 2.07. The molecular formula is C12H25N3O2. The van der Waals surface area contributed by atoms with E-state index in [1.807, 2.05) is 0 Å². The van der Waals surface area contributed by atoms with Gasteiger partial charge in [0.25, 0.3) is 0 Å². The van der Waals surface area contributed by atoms with Crippen LogP contribution >= 0.6 is 0 Å². The Balaban J connectivity index is 1.70. The minimum absolute atomic E-state index is 0.242. The third-order valence-electron chi connectivity index (χ3n) is 3.63. The first kappa shape index (κ1) is 13.2. The molecular weight excluding hydrogens is 218 g/mol. The molecule has 0 amide bonds. The van der Waals surface area contributed by atoms with Crippen LogP contribution in [0.4, 0.5) is 0 Å². The number of morpholine rings is 1. The Morgan fingerprint density at radius 2 is 2.06 bits per heavy atom. The quantitative estimate of drug-likeness (QED) is 0.661. The van der Waals surface area contributed by atoms with E-state index in [-0.39, 0.29) is 6.10 Å². The van der Waals surface area contributed by atoms with Crippen LogP contribution < -0.4 is 5.32 Å². The number of rotatable bonds is 4. The molecule has 2 atom stereocenters. The summed E-state index contributed by atoms with van der Waals surface area (Å²) in [7, 11) is 0. The Kier molecular flexibility index (Phi) is 5.18. The number of hydrogen-bond donors (Lipinski definition) is 2. The number of nitrogens with zero attached hydrogens (tertiary/aromatic N) is 2. The first-order chi connectivity index (χ1) is 8.25. The fourth-order valence-corrected chi connectivity index (χ4v) is 2.55. The van der Waals surface area contributed by atoms with Crippen LogP contribution in [0.2, 0.25) is 0 Å². The fourth-order valence-electron chi connectivity index (χ4n) is 2.55. The summed E-state index contributed by atoms with van der Waals surface area (Å²) in [5.41, 5.74) is 0. The van der Waals surface area contributed by atoms with E-state index in [0.29, 0.717) is 6.04 Å². The van der Waals surface area contributed by atoms with Gasteiger partial charge in [0, 0.05) is 51.9 Å². The number of β-amino-alcohol motifs (C(OH)–C–C–N with tert-alkyl or cyclic N) is 1. The molecule has 0 spiro atoms. The number of piperazine rings is 1. The van der Waals surface area contributed by atoms with Gasteiger partial charge in [0.1, 0.15) is 0 Å². The van der Waals surface area contributed by atoms with Crippen LogP contribution in [0, 0.1) is 0 Å². The van der Waals surface area contributed by atoms with Crippen molar-refractivity contribution in [2.75, 3.05) is 59.0 Å². The van der Waals surface area contributed by atoms with Crippen LogP contribution in [-0.2, 0) is 4.74 Å². The fraction of sp³-hybridized carbons (Fsp3) is 1.00. The van der Waals surface area contributed by atoms with Crippen LogP contribution in [0.25, 0.3) is 0 Å². The Morgan fingerprint density at radius 3 is 2.76 bits per heavy atom. The molecule has 5 nitrogen and oxygen atoms in total. The normalized spacial score (nSPS) is 30.4. The Morgan fingerprint density at radius 1 is 1.29 bits per heavy atom. The molecule has 0 aromatic heterocycles. The Labute approximate surface area is 104 Å². The summed E-state index contributed by atoms with van der Waals surface area (Å²) in [6.45, 7) is 10.5. The van der Waals surface area contributed by atoms with E-state index in [9.17, 15) is 5.11 Å². The van der Waals surface area contributed by atoms with Crippen molar-refractivity contribution in [3.8, 4) is 0 Å². The molecule has 0 aromatic carbocycles. The van der Waals surface area contributed by atoms with Crippen LogP contribution in [0.5, 0.6) is 0 Å². The van der Waals surface area contributed by atoms with Crippen molar-refractivity contribution in [2.45, 2.75) is 19.1 Å². The summed E-state index contributed by atoms with van der Waals surface area (Å²) in [5, 5.41) is 13.5.